The average molecular weight is 370 g/mol. The van der Waals surface area contributed by atoms with E-state index in [1.54, 1.807) is 4.90 Å². The lowest BCUT2D eigenvalue weighted by Gasteiger charge is -2.20. The molecule has 0 radical (unpaired) electrons. The summed E-state index contributed by atoms with van der Waals surface area (Å²) in [4.78, 5) is 27.0. The molecule has 0 aliphatic carbocycles. The van der Waals surface area contributed by atoms with E-state index < -0.39 is 5.92 Å². The largest absolute Gasteiger partial charge is 0.325 e. The molecule has 0 unspecified atom stereocenters. The Morgan fingerprint density at radius 3 is 2.07 bits per heavy atom. The van der Waals surface area contributed by atoms with Crippen molar-refractivity contribution < 1.29 is 9.59 Å². The first-order valence-corrected chi connectivity index (χ1v) is 9.53. The zero-order valence-corrected chi connectivity index (χ0v) is 15.5. The Morgan fingerprint density at radius 2 is 1.50 bits per heavy atom. The number of amides is 2. The second-order valence-corrected chi connectivity index (χ2v) is 6.94. The Hall–Kier alpha value is -3.40. The normalized spacial score (nSPS) is 13.8. The van der Waals surface area contributed by atoms with Gasteiger partial charge in [-0.05, 0) is 35.7 Å². The summed E-state index contributed by atoms with van der Waals surface area (Å²) in [6.45, 7) is 0.729. The van der Waals surface area contributed by atoms with Crippen molar-refractivity contribution in [1.82, 2.24) is 0 Å². The molecule has 4 rings (SSSR count). The molecule has 3 aromatic carbocycles. The molecule has 0 atom stereocenters. The first-order valence-electron chi connectivity index (χ1n) is 9.53. The van der Waals surface area contributed by atoms with Gasteiger partial charge in [-0.1, -0.05) is 66.7 Å². The minimum Gasteiger partial charge on any atom is -0.325 e. The molecule has 0 aromatic heterocycles. The monoisotopic (exact) mass is 370 g/mol. The first kappa shape index (κ1) is 18.0. The summed E-state index contributed by atoms with van der Waals surface area (Å²) in [6, 6.07) is 27.0. The van der Waals surface area contributed by atoms with Gasteiger partial charge in [0.15, 0.2) is 0 Å². The fourth-order valence-electron chi connectivity index (χ4n) is 3.67. The van der Waals surface area contributed by atoms with Crippen LogP contribution in [-0.2, 0) is 9.59 Å². The zero-order chi connectivity index (χ0) is 19.3. The van der Waals surface area contributed by atoms with Gasteiger partial charge in [-0.3, -0.25) is 9.59 Å². The maximum Gasteiger partial charge on any atom is 0.236 e. The number of nitrogens with one attached hydrogen (secondary N) is 1. The van der Waals surface area contributed by atoms with Crippen molar-refractivity contribution in [3.63, 3.8) is 0 Å². The number of carbonyl (C=O) groups is 2. The predicted molar refractivity (Wildman–Crippen MR) is 111 cm³/mol. The van der Waals surface area contributed by atoms with Gasteiger partial charge in [0.2, 0.25) is 11.8 Å². The van der Waals surface area contributed by atoms with Crippen molar-refractivity contribution in [3.05, 3.63) is 96.1 Å². The van der Waals surface area contributed by atoms with Crippen molar-refractivity contribution in [2.24, 2.45) is 0 Å². The summed E-state index contributed by atoms with van der Waals surface area (Å²) in [7, 11) is 0. The molecule has 4 nitrogen and oxygen atoms in total. The summed E-state index contributed by atoms with van der Waals surface area (Å²) in [6.07, 6.45) is 1.46. The second kappa shape index (κ2) is 8.09. The Morgan fingerprint density at radius 1 is 0.857 bits per heavy atom. The average Bonchev–Trinajstić information content (AvgIpc) is 3.16. The van der Waals surface area contributed by atoms with E-state index >= 15 is 0 Å². The third-order valence-electron chi connectivity index (χ3n) is 5.03. The van der Waals surface area contributed by atoms with Gasteiger partial charge in [0.1, 0.15) is 0 Å². The van der Waals surface area contributed by atoms with Gasteiger partial charge >= 0.3 is 0 Å². The summed E-state index contributed by atoms with van der Waals surface area (Å²) >= 11 is 0. The molecule has 0 spiro atoms. The first-order chi connectivity index (χ1) is 13.7. The van der Waals surface area contributed by atoms with E-state index in [0.717, 1.165) is 29.8 Å². The van der Waals surface area contributed by atoms with E-state index in [-0.39, 0.29) is 11.8 Å². The van der Waals surface area contributed by atoms with Crippen LogP contribution in [0, 0.1) is 0 Å². The highest BCUT2D eigenvalue weighted by Gasteiger charge is 2.24. The number of anilines is 2. The molecule has 140 valence electrons. The van der Waals surface area contributed by atoms with Crippen molar-refractivity contribution in [2.45, 2.75) is 18.8 Å². The molecule has 1 aliphatic heterocycles. The van der Waals surface area contributed by atoms with Gasteiger partial charge < -0.3 is 10.2 Å². The van der Waals surface area contributed by atoms with Crippen molar-refractivity contribution >= 4 is 23.2 Å². The van der Waals surface area contributed by atoms with Gasteiger partial charge in [-0.2, -0.15) is 0 Å². The van der Waals surface area contributed by atoms with Crippen LogP contribution in [0.3, 0.4) is 0 Å². The van der Waals surface area contributed by atoms with E-state index in [0.29, 0.717) is 12.1 Å². The van der Waals surface area contributed by atoms with E-state index in [2.05, 4.69) is 5.32 Å². The fourth-order valence-corrected chi connectivity index (χ4v) is 3.67. The van der Waals surface area contributed by atoms with E-state index in [1.165, 1.54) is 0 Å². The number of hydrogen-bond donors (Lipinski definition) is 1. The van der Waals surface area contributed by atoms with Gasteiger partial charge in [0.25, 0.3) is 0 Å². The quantitative estimate of drug-likeness (QED) is 0.714. The molecule has 28 heavy (non-hydrogen) atoms. The van der Waals surface area contributed by atoms with E-state index in [4.69, 9.17) is 0 Å². The molecule has 1 heterocycles. The van der Waals surface area contributed by atoms with Crippen LogP contribution in [0.25, 0.3) is 0 Å². The Kier molecular flexibility index (Phi) is 5.20. The number of hydrogen-bond acceptors (Lipinski definition) is 2. The molecule has 1 saturated heterocycles. The summed E-state index contributed by atoms with van der Waals surface area (Å²) in [5, 5.41) is 3.04. The van der Waals surface area contributed by atoms with Gasteiger partial charge in [-0.15, -0.1) is 0 Å². The topological polar surface area (TPSA) is 49.4 Å². The lowest BCUT2D eigenvalue weighted by atomic mass is 9.90. The second-order valence-electron chi connectivity index (χ2n) is 6.94. The Bertz CT molecular complexity index is 931. The van der Waals surface area contributed by atoms with Crippen molar-refractivity contribution in [1.29, 1.82) is 0 Å². The molecule has 2 amide bonds. The van der Waals surface area contributed by atoms with Crippen LogP contribution in [-0.4, -0.2) is 18.4 Å². The minimum absolute atomic E-state index is 0.0951. The molecular weight excluding hydrogens is 348 g/mol. The van der Waals surface area contributed by atoms with Crippen LogP contribution in [0.1, 0.15) is 29.9 Å². The van der Waals surface area contributed by atoms with Crippen LogP contribution in [0.5, 0.6) is 0 Å². The summed E-state index contributed by atoms with van der Waals surface area (Å²) in [5.74, 6) is -0.364. The zero-order valence-electron chi connectivity index (χ0n) is 15.5. The van der Waals surface area contributed by atoms with E-state index in [9.17, 15) is 9.59 Å². The third-order valence-corrected chi connectivity index (χ3v) is 5.03. The number of carbonyl (C=O) groups excluding carboxylic acids is 2. The van der Waals surface area contributed by atoms with Crippen LogP contribution in [0.15, 0.2) is 84.9 Å². The molecule has 0 saturated carbocycles. The fraction of sp³-hybridized carbons (Fsp3) is 0.167. The smallest absolute Gasteiger partial charge is 0.236 e. The van der Waals surface area contributed by atoms with Crippen LogP contribution >= 0.6 is 0 Å². The third kappa shape index (κ3) is 3.81. The lowest BCUT2D eigenvalue weighted by Crippen LogP contribution is -2.24. The molecule has 0 bridgehead atoms. The Labute approximate surface area is 164 Å². The van der Waals surface area contributed by atoms with Crippen molar-refractivity contribution in [2.75, 3.05) is 16.8 Å². The van der Waals surface area contributed by atoms with Gasteiger partial charge in [0, 0.05) is 24.3 Å². The van der Waals surface area contributed by atoms with Gasteiger partial charge in [-0.25, -0.2) is 0 Å². The lowest BCUT2D eigenvalue weighted by molar-refractivity contribution is -0.117. The molecule has 4 heteroatoms. The molecule has 1 fully saturated rings. The maximum atomic E-state index is 13.2. The summed E-state index contributed by atoms with van der Waals surface area (Å²) in [5.41, 5.74) is 3.41. The van der Waals surface area contributed by atoms with Crippen LogP contribution in [0.2, 0.25) is 0 Å². The van der Waals surface area contributed by atoms with Gasteiger partial charge in [0.05, 0.1) is 5.92 Å². The van der Waals surface area contributed by atoms with Crippen LogP contribution < -0.4 is 10.2 Å². The highest BCUT2D eigenvalue weighted by Crippen LogP contribution is 2.28. The standard InChI is InChI=1S/C24H22N2O2/c27-22-15-8-16-26(22)21-14-7-13-20(17-21)25-24(28)23(18-9-3-1-4-10-18)19-11-5-2-6-12-19/h1-7,9-14,17,23H,8,15-16H2,(H,25,28). The number of benzene rings is 3. The minimum atomic E-state index is -0.403. The summed E-state index contributed by atoms with van der Waals surface area (Å²) < 4.78 is 0. The van der Waals surface area contributed by atoms with Crippen molar-refractivity contribution in [3.8, 4) is 0 Å². The SMILES string of the molecule is O=C(Nc1cccc(N2CCCC2=O)c1)C(c1ccccc1)c1ccccc1. The molecular formula is C24H22N2O2. The number of rotatable bonds is 5. The molecule has 3 aromatic rings. The maximum absolute atomic E-state index is 13.2. The number of nitrogens with zero attached hydrogens (tertiary/aromatic N) is 1. The Balaban J connectivity index is 1.61. The highest BCUT2D eigenvalue weighted by atomic mass is 16.2. The molecule has 1 N–H and O–H groups in total. The highest BCUT2D eigenvalue weighted by molar-refractivity contribution is 6.00. The molecule has 1 aliphatic rings. The predicted octanol–water partition coefficient (Wildman–Crippen LogP) is 4.58. The van der Waals surface area contributed by atoms with E-state index in [1.807, 2.05) is 84.9 Å². The van der Waals surface area contributed by atoms with Crippen LogP contribution in [0.4, 0.5) is 11.4 Å².